The molecule has 1 unspecified atom stereocenters. The number of carboxylic acids is 1. The number of nitrogens with one attached hydrogen (secondary N) is 1. The summed E-state index contributed by atoms with van der Waals surface area (Å²) in [5.74, 6) is -1.17. The van der Waals surface area contributed by atoms with Crippen molar-refractivity contribution in [3.05, 3.63) is 41.5 Å². The van der Waals surface area contributed by atoms with Gasteiger partial charge in [0.15, 0.2) is 0 Å². The van der Waals surface area contributed by atoms with Crippen molar-refractivity contribution < 1.29 is 14.7 Å². The van der Waals surface area contributed by atoms with Crippen LogP contribution in [0.2, 0.25) is 0 Å². The van der Waals surface area contributed by atoms with Gasteiger partial charge in [-0.2, -0.15) is 0 Å². The van der Waals surface area contributed by atoms with Gasteiger partial charge in [0.25, 0.3) is 0 Å². The summed E-state index contributed by atoms with van der Waals surface area (Å²) in [6.45, 7) is 3.94. The van der Waals surface area contributed by atoms with Gasteiger partial charge in [-0.15, -0.1) is 0 Å². The van der Waals surface area contributed by atoms with Crippen LogP contribution < -0.4 is 5.32 Å². The zero-order valence-corrected chi connectivity index (χ0v) is 11.9. The zero-order chi connectivity index (χ0) is 15.0. The number of rotatable bonds is 7. The standard InChI is InChI=1S/C16H21NO3/c1-3-12-5-7-13(8-6-12)9-10-15(18)17-14(4-2)11-16(19)20/h5-10,14H,3-4,11H2,1-2H3,(H,17,18)(H,19,20)/b10-9+. The summed E-state index contributed by atoms with van der Waals surface area (Å²) in [7, 11) is 0. The lowest BCUT2D eigenvalue weighted by molar-refractivity contribution is -0.137. The van der Waals surface area contributed by atoms with Crippen molar-refractivity contribution in [3.63, 3.8) is 0 Å². The van der Waals surface area contributed by atoms with Gasteiger partial charge in [0.2, 0.25) is 5.91 Å². The third kappa shape index (κ3) is 5.69. The number of carbonyl (C=O) groups excluding carboxylic acids is 1. The van der Waals surface area contributed by atoms with Crippen molar-refractivity contribution in [1.29, 1.82) is 0 Å². The van der Waals surface area contributed by atoms with E-state index in [0.29, 0.717) is 6.42 Å². The van der Waals surface area contributed by atoms with Gasteiger partial charge >= 0.3 is 5.97 Å². The molecule has 20 heavy (non-hydrogen) atoms. The first-order chi connectivity index (χ1) is 9.55. The molecule has 4 nitrogen and oxygen atoms in total. The number of hydrogen-bond acceptors (Lipinski definition) is 2. The average molecular weight is 275 g/mol. The van der Waals surface area contributed by atoms with Gasteiger partial charge < -0.3 is 10.4 Å². The summed E-state index contributed by atoms with van der Waals surface area (Å²) in [4.78, 5) is 22.3. The van der Waals surface area contributed by atoms with Crippen LogP contribution >= 0.6 is 0 Å². The first-order valence-electron chi connectivity index (χ1n) is 6.84. The molecule has 1 aromatic carbocycles. The summed E-state index contributed by atoms with van der Waals surface area (Å²) in [5.41, 5.74) is 2.20. The van der Waals surface area contributed by atoms with E-state index in [2.05, 4.69) is 12.2 Å². The molecule has 0 saturated heterocycles. The molecule has 0 aliphatic carbocycles. The molecule has 0 aliphatic heterocycles. The lowest BCUT2D eigenvalue weighted by atomic mass is 10.1. The molecule has 0 bridgehead atoms. The maximum Gasteiger partial charge on any atom is 0.305 e. The van der Waals surface area contributed by atoms with E-state index < -0.39 is 5.97 Å². The van der Waals surface area contributed by atoms with Crippen LogP contribution in [0.4, 0.5) is 0 Å². The molecule has 108 valence electrons. The van der Waals surface area contributed by atoms with E-state index in [0.717, 1.165) is 12.0 Å². The number of carboxylic acid groups (broad SMARTS) is 1. The summed E-state index contributed by atoms with van der Waals surface area (Å²) in [6.07, 6.45) is 4.68. The monoisotopic (exact) mass is 275 g/mol. The van der Waals surface area contributed by atoms with Crippen molar-refractivity contribution >= 4 is 18.0 Å². The fourth-order valence-corrected chi connectivity index (χ4v) is 1.79. The molecule has 0 heterocycles. The maximum absolute atomic E-state index is 11.7. The van der Waals surface area contributed by atoms with Gasteiger partial charge in [-0.1, -0.05) is 38.1 Å². The van der Waals surface area contributed by atoms with Crippen molar-refractivity contribution in [3.8, 4) is 0 Å². The van der Waals surface area contributed by atoms with Crippen LogP contribution in [0.15, 0.2) is 30.3 Å². The molecule has 0 saturated carbocycles. The summed E-state index contributed by atoms with van der Waals surface area (Å²) >= 11 is 0. The van der Waals surface area contributed by atoms with Crippen molar-refractivity contribution in [2.75, 3.05) is 0 Å². The Balaban J connectivity index is 2.55. The normalized spacial score (nSPS) is 12.3. The van der Waals surface area contributed by atoms with Crippen LogP contribution in [0, 0.1) is 0 Å². The second-order valence-electron chi connectivity index (χ2n) is 4.64. The molecule has 0 spiro atoms. The third-order valence-corrected chi connectivity index (χ3v) is 3.08. The smallest absolute Gasteiger partial charge is 0.305 e. The maximum atomic E-state index is 11.7. The molecule has 1 atom stereocenters. The fourth-order valence-electron chi connectivity index (χ4n) is 1.79. The van der Waals surface area contributed by atoms with E-state index in [9.17, 15) is 9.59 Å². The number of amides is 1. The Kier molecular flexibility index (Phi) is 6.50. The minimum atomic E-state index is -0.906. The predicted octanol–water partition coefficient (Wildman–Crippen LogP) is 2.63. The van der Waals surface area contributed by atoms with Gasteiger partial charge in [-0.25, -0.2) is 0 Å². The third-order valence-electron chi connectivity index (χ3n) is 3.08. The highest BCUT2D eigenvalue weighted by Crippen LogP contribution is 2.06. The largest absolute Gasteiger partial charge is 0.481 e. The van der Waals surface area contributed by atoms with Crippen LogP contribution in [0.5, 0.6) is 0 Å². The van der Waals surface area contributed by atoms with Crippen LogP contribution in [-0.4, -0.2) is 23.0 Å². The van der Waals surface area contributed by atoms with E-state index in [1.54, 1.807) is 6.08 Å². The highest BCUT2D eigenvalue weighted by Gasteiger charge is 2.12. The Morgan fingerprint density at radius 1 is 1.25 bits per heavy atom. The highest BCUT2D eigenvalue weighted by molar-refractivity contribution is 5.92. The Labute approximate surface area is 119 Å². The highest BCUT2D eigenvalue weighted by atomic mass is 16.4. The quantitative estimate of drug-likeness (QED) is 0.752. The molecule has 0 radical (unpaired) electrons. The minimum Gasteiger partial charge on any atom is -0.481 e. The van der Waals surface area contributed by atoms with Crippen molar-refractivity contribution in [1.82, 2.24) is 5.32 Å². The molecule has 0 aromatic heterocycles. The fraction of sp³-hybridized carbons (Fsp3) is 0.375. The average Bonchev–Trinajstić information content (AvgIpc) is 2.44. The number of benzene rings is 1. The minimum absolute atomic E-state index is 0.0543. The van der Waals surface area contributed by atoms with Crippen LogP contribution in [-0.2, 0) is 16.0 Å². The lowest BCUT2D eigenvalue weighted by Gasteiger charge is -2.12. The van der Waals surface area contributed by atoms with E-state index in [1.807, 2.05) is 31.2 Å². The number of carbonyl (C=O) groups is 2. The second-order valence-corrected chi connectivity index (χ2v) is 4.64. The Bertz CT molecular complexity index is 477. The van der Waals surface area contributed by atoms with Crippen molar-refractivity contribution in [2.45, 2.75) is 39.2 Å². The molecular weight excluding hydrogens is 254 g/mol. The molecular formula is C16H21NO3. The lowest BCUT2D eigenvalue weighted by Crippen LogP contribution is -2.34. The molecule has 1 rings (SSSR count). The van der Waals surface area contributed by atoms with E-state index in [4.69, 9.17) is 5.11 Å². The first kappa shape index (κ1) is 16.0. The predicted molar refractivity (Wildman–Crippen MR) is 79.3 cm³/mol. The summed E-state index contributed by atoms with van der Waals surface area (Å²) in [5, 5.41) is 11.4. The SMILES string of the molecule is CCc1ccc(/C=C/C(=O)NC(CC)CC(=O)O)cc1. The Morgan fingerprint density at radius 3 is 2.40 bits per heavy atom. The van der Waals surface area contributed by atoms with E-state index >= 15 is 0 Å². The molecule has 4 heteroatoms. The molecule has 0 fully saturated rings. The van der Waals surface area contributed by atoms with Crippen LogP contribution in [0.1, 0.15) is 37.8 Å². The molecule has 1 amide bonds. The van der Waals surface area contributed by atoms with E-state index in [-0.39, 0.29) is 18.4 Å². The summed E-state index contributed by atoms with van der Waals surface area (Å²) < 4.78 is 0. The van der Waals surface area contributed by atoms with Crippen molar-refractivity contribution in [2.24, 2.45) is 0 Å². The number of aryl methyl sites for hydroxylation is 1. The van der Waals surface area contributed by atoms with Gasteiger partial charge in [-0.3, -0.25) is 9.59 Å². The van der Waals surface area contributed by atoms with Gasteiger partial charge in [0, 0.05) is 12.1 Å². The molecule has 1 aromatic rings. The van der Waals surface area contributed by atoms with Gasteiger partial charge in [0.05, 0.1) is 6.42 Å². The number of aliphatic carboxylic acids is 1. The van der Waals surface area contributed by atoms with Crippen LogP contribution in [0.25, 0.3) is 6.08 Å². The summed E-state index contributed by atoms with van der Waals surface area (Å²) in [6, 6.07) is 7.63. The molecule has 2 N–H and O–H groups in total. The topological polar surface area (TPSA) is 66.4 Å². The first-order valence-corrected chi connectivity index (χ1v) is 6.84. The Hall–Kier alpha value is -2.10. The van der Waals surface area contributed by atoms with E-state index in [1.165, 1.54) is 11.6 Å². The van der Waals surface area contributed by atoms with Gasteiger partial charge in [0.1, 0.15) is 0 Å². The zero-order valence-electron chi connectivity index (χ0n) is 11.9. The second kappa shape index (κ2) is 8.15. The number of hydrogen-bond donors (Lipinski definition) is 2. The van der Waals surface area contributed by atoms with Gasteiger partial charge in [-0.05, 0) is 30.0 Å². The molecule has 0 aliphatic rings. The Morgan fingerprint density at radius 2 is 1.90 bits per heavy atom. The van der Waals surface area contributed by atoms with Crippen LogP contribution in [0.3, 0.4) is 0 Å².